The van der Waals surface area contributed by atoms with Gasteiger partial charge in [0.05, 0.1) is 0 Å². The van der Waals surface area contributed by atoms with E-state index in [1.807, 2.05) is 49.4 Å². The van der Waals surface area contributed by atoms with Gasteiger partial charge in [-0.2, -0.15) is 0 Å². The fourth-order valence-electron chi connectivity index (χ4n) is 3.67. The van der Waals surface area contributed by atoms with E-state index in [0.29, 0.717) is 6.42 Å². The van der Waals surface area contributed by atoms with Gasteiger partial charge in [-0.25, -0.2) is 0 Å². The number of aromatic hydroxyl groups is 2. The largest absolute Gasteiger partial charge is 0.504 e. The Morgan fingerprint density at radius 3 is 1.72 bits per heavy atom. The van der Waals surface area contributed by atoms with Crippen LogP contribution in [0.3, 0.4) is 0 Å². The van der Waals surface area contributed by atoms with Gasteiger partial charge in [0, 0.05) is 12.0 Å². The number of hydrogen-bond acceptors (Lipinski definition) is 2. The van der Waals surface area contributed by atoms with Crippen LogP contribution >= 0.6 is 0 Å². The van der Waals surface area contributed by atoms with Crippen LogP contribution in [0.5, 0.6) is 11.5 Å². The second-order valence-corrected chi connectivity index (χ2v) is 7.42. The molecule has 0 unspecified atom stereocenters. The van der Waals surface area contributed by atoms with E-state index in [0.717, 1.165) is 34.2 Å². The molecule has 0 saturated carbocycles. The normalized spacial score (nSPS) is 10.8. The van der Waals surface area contributed by atoms with Gasteiger partial charge in [-0.05, 0) is 46.7 Å². The van der Waals surface area contributed by atoms with Crippen LogP contribution in [-0.4, -0.2) is 10.2 Å². The predicted molar refractivity (Wildman–Crippen MR) is 118 cm³/mol. The van der Waals surface area contributed by atoms with Crippen molar-refractivity contribution in [2.75, 3.05) is 0 Å². The van der Waals surface area contributed by atoms with Crippen molar-refractivity contribution >= 4 is 0 Å². The van der Waals surface area contributed by atoms with Crippen molar-refractivity contribution in [3.8, 4) is 22.6 Å². The fourth-order valence-corrected chi connectivity index (χ4v) is 3.67. The second-order valence-electron chi connectivity index (χ2n) is 7.42. The van der Waals surface area contributed by atoms with Gasteiger partial charge < -0.3 is 10.2 Å². The molecule has 2 heteroatoms. The summed E-state index contributed by atoms with van der Waals surface area (Å²) in [6.07, 6.45) is 1.29. The molecule has 4 aromatic carbocycles. The first-order chi connectivity index (χ1) is 14.1. The lowest BCUT2D eigenvalue weighted by atomic mass is 9.93. The number of benzene rings is 4. The van der Waals surface area contributed by atoms with Crippen LogP contribution in [0.15, 0.2) is 91.0 Å². The van der Waals surface area contributed by atoms with Crippen LogP contribution in [0.2, 0.25) is 0 Å². The number of hydrogen-bond donors (Lipinski definition) is 2. The standard InChI is InChI=1S/C27H24O2/c1-19-24(16-20-8-4-2-5-9-20)18-25(27(29)26(19)28)17-21-12-14-23(15-13-21)22-10-6-3-7-11-22/h2-15,18,28-29H,16-17H2,1H3. The Hall–Kier alpha value is -3.52. The molecule has 0 spiro atoms. The Labute approximate surface area is 171 Å². The van der Waals surface area contributed by atoms with Crippen LogP contribution in [-0.2, 0) is 12.8 Å². The van der Waals surface area contributed by atoms with Gasteiger partial charge in [-0.1, -0.05) is 91.0 Å². The molecule has 0 aliphatic carbocycles. The SMILES string of the molecule is Cc1c(Cc2ccccc2)cc(Cc2ccc(-c3ccccc3)cc2)c(O)c1O. The number of phenols is 2. The monoisotopic (exact) mass is 380 g/mol. The first-order valence-electron chi connectivity index (χ1n) is 9.83. The summed E-state index contributed by atoms with van der Waals surface area (Å²) in [5.41, 5.74) is 7.12. The first kappa shape index (κ1) is 18.8. The highest BCUT2D eigenvalue weighted by Crippen LogP contribution is 2.37. The van der Waals surface area contributed by atoms with Crippen molar-refractivity contribution in [3.63, 3.8) is 0 Å². The molecule has 0 aromatic heterocycles. The minimum absolute atomic E-state index is 0.0191. The van der Waals surface area contributed by atoms with Gasteiger partial charge in [-0.15, -0.1) is 0 Å². The zero-order chi connectivity index (χ0) is 20.2. The fraction of sp³-hybridized carbons (Fsp3) is 0.111. The first-order valence-corrected chi connectivity index (χ1v) is 9.83. The summed E-state index contributed by atoms with van der Waals surface area (Å²) >= 11 is 0. The van der Waals surface area contributed by atoms with E-state index in [2.05, 4.69) is 48.5 Å². The minimum Gasteiger partial charge on any atom is -0.504 e. The summed E-state index contributed by atoms with van der Waals surface area (Å²) in [7, 11) is 0. The average molecular weight is 380 g/mol. The minimum atomic E-state index is -0.0218. The van der Waals surface area contributed by atoms with Gasteiger partial charge in [0.1, 0.15) is 0 Å². The summed E-state index contributed by atoms with van der Waals surface area (Å²) in [4.78, 5) is 0. The predicted octanol–water partition coefficient (Wildman–Crippen LogP) is 6.25. The third-order valence-corrected chi connectivity index (χ3v) is 5.41. The van der Waals surface area contributed by atoms with E-state index >= 15 is 0 Å². The van der Waals surface area contributed by atoms with Crippen molar-refractivity contribution < 1.29 is 10.2 Å². The van der Waals surface area contributed by atoms with E-state index in [4.69, 9.17) is 0 Å². The molecular weight excluding hydrogens is 356 g/mol. The lowest BCUT2D eigenvalue weighted by molar-refractivity contribution is 0.397. The molecule has 0 radical (unpaired) electrons. The summed E-state index contributed by atoms with van der Waals surface area (Å²) in [6, 6.07) is 30.8. The molecule has 0 aliphatic heterocycles. The van der Waals surface area contributed by atoms with Crippen LogP contribution in [0.4, 0.5) is 0 Å². The topological polar surface area (TPSA) is 40.5 Å². The lowest BCUT2D eigenvalue weighted by Crippen LogP contribution is -1.97. The van der Waals surface area contributed by atoms with Crippen molar-refractivity contribution in [1.82, 2.24) is 0 Å². The maximum atomic E-state index is 10.5. The smallest absolute Gasteiger partial charge is 0.161 e. The van der Waals surface area contributed by atoms with Crippen LogP contribution < -0.4 is 0 Å². The Bertz CT molecular complexity index is 1100. The molecule has 4 aromatic rings. The van der Waals surface area contributed by atoms with E-state index < -0.39 is 0 Å². The van der Waals surface area contributed by atoms with Crippen LogP contribution in [0, 0.1) is 6.92 Å². The third kappa shape index (κ3) is 4.17. The molecule has 2 nitrogen and oxygen atoms in total. The van der Waals surface area contributed by atoms with Crippen molar-refractivity contribution in [1.29, 1.82) is 0 Å². The quantitative estimate of drug-likeness (QED) is 0.402. The van der Waals surface area contributed by atoms with Crippen LogP contribution in [0.25, 0.3) is 11.1 Å². The Morgan fingerprint density at radius 2 is 1.07 bits per heavy atom. The van der Waals surface area contributed by atoms with Crippen molar-refractivity contribution in [2.24, 2.45) is 0 Å². The zero-order valence-corrected chi connectivity index (χ0v) is 16.5. The Kier molecular flexibility index (Phi) is 5.35. The van der Waals surface area contributed by atoms with Crippen molar-refractivity contribution in [3.05, 3.63) is 119 Å². The summed E-state index contributed by atoms with van der Waals surface area (Å²) in [5.74, 6) is -0.0409. The second kappa shape index (κ2) is 8.24. The van der Waals surface area contributed by atoms with Crippen LogP contribution in [0.1, 0.15) is 27.8 Å². The third-order valence-electron chi connectivity index (χ3n) is 5.41. The number of phenolic OH excluding ortho intramolecular Hbond substituents is 2. The Balaban J connectivity index is 1.61. The van der Waals surface area contributed by atoms with Gasteiger partial charge in [-0.3, -0.25) is 0 Å². The Morgan fingerprint density at radius 1 is 0.552 bits per heavy atom. The summed E-state index contributed by atoms with van der Waals surface area (Å²) < 4.78 is 0. The molecule has 0 fully saturated rings. The molecule has 2 N–H and O–H groups in total. The zero-order valence-electron chi connectivity index (χ0n) is 16.5. The van der Waals surface area contributed by atoms with Gasteiger partial charge >= 0.3 is 0 Å². The van der Waals surface area contributed by atoms with Gasteiger partial charge in [0.2, 0.25) is 0 Å². The molecule has 0 saturated heterocycles. The van der Waals surface area contributed by atoms with Crippen molar-refractivity contribution in [2.45, 2.75) is 19.8 Å². The molecule has 0 atom stereocenters. The molecule has 0 bridgehead atoms. The number of rotatable bonds is 5. The molecular formula is C27H24O2. The molecule has 29 heavy (non-hydrogen) atoms. The maximum Gasteiger partial charge on any atom is 0.161 e. The van der Waals surface area contributed by atoms with Gasteiger partial charge in [0.15, 0.2) is 11.5 Å². The molecule has 0 heterocycles. The van der Waals surface area contributed by atoms with Gasteiger partial charge in [0.25, 0.3) is 0 Å². The summed E-state index contributed by atoms with van der Waals surface area (Å²) in [5, 5.41) is 21.0. The van der Waals surface area contributed by atoms with E-state index in [-0.39, 0.29) is 11.5 Å². The summed E-state index contributed by atoms with van der Waals surface area (Å²) in [6.45, 7) is 1.85. The lowest BCUT2D eigenvalue weighted by Gasteiger charge is -2.14. The van der Waals surface area contributed by atoms with E-state index in [1.165, 1.54) is 11.1 Å². The molecule has 0 aliphatic rings. The van der Waals surface area contributed by atoms with E-state index in [9.17, 15) is 10.2 Å². The highest BCUT2D eigenvalue weighted by Gasteiger charge is 2.15. The molecule has 144 valence electrons. The molecule has 4 rings (SSSR count). The van der Waals surface area contributed by atoms with E-state index in [1.54, 1.807) is 0 Å². The highest BCUT2D eigenvalue weighted by molar-refractivity contribution is 5.64. The highest BCUT2D eigenvalue weighted by atomic mass is 16.3. The molecule has 0 amide bonds. The average Bonchev–Trinajstić information content (AvgIpc) is 2.77. The maximum absolute atomic E-state index is 10.5.